The number of hydrogen-bond donors (Lipinski definition) is 0. The minimum absolute atomic E-state index is 0.00360. The number of hydrogen-bond acceptors (Lipinski definition) is 7. The number of nitrogens with zero attached hydrogens (tertiary/aromatic N) is 1. The van der Waals surface area contributed by atoms with Crippen molar-refractivity contribution in [3.8, 4) is 0 Å². The molecule has 0 fully saturated rings. The van der Waals surface area contributed by atoms with Crippen molar-refractivity contribution in [1.29, 1.82) is 0 Å². The molecule has 0 spiro atoms. The van der Waals surface area contributed by atoms with Gasteiger partial charge in [-0.1, -0.05) is 128 Å². The summed E-state index contributed by atoms with van der Waals surface area (Å²) >= 11 is 0. The number of likely N-dealkylation sites (N-methyl/N-ethyl adjacent to an activating group) is 1. The third kappa shape index (κ3) is 21.6. The summed E-state index contributed by atoms with van der Waals surface area (Å²) in [7, 11) is -0.156. The third-order valence-corrected chi connectivity index (χ3v) is 8.28. The van der Waals surface area contributed by atoms with Crippen molar-refractivity contribution in [2.45, 2.75) is 135 Å². The lowest BCUT2D eigenvalue weighted by atomic mass is 10.0. The number of ether oxygens (including phenoxy) is 3. The Morgan fingerprint density at radius 3 is 1.65 bits per heavy atom. The van der Waals surface area contributed by atoms with Crippen LogP contribution in [0.15, 0.2) is 24.3 Å². The Hall–Kier alpha value is -1.68. The Bertz CT molecular complexity index is 939. The molecule has 0 radical (unpaired) electrons. The summed E-state index contributed by atoms with van der Waals surface area (Å²) in [5.41, 5.74) is 1.01. The summed E-state index contributed by atoms with van der Waals surface area (Å²) in [6.07, 6.45) is 21.7. The maximum atomic E-state index is 12.5. The minimum Gasteiger partial charge on any atom is -0.449 e. The van der Waals surface area contributed by atoms with Crippen LogP contribution in [0.3, 0.4) is 0 Å². The molecule has 43 heavy (non-hydrogen) atoms. The van der Waals surface area contributed by atoms with Crippen LogP contribution in [-0.4, -0.2) is 65.2 Å². The Labute approximate surface area is 263 Å². The zero-order chi connectivity index (χ0) is 31.8. The van der Waals surface area contributed by atoms with Crippen molar-refractivity contribution in [2.75, 3.05) is 40.2 Å². The number of benzene rings is 1. The van der Waals surface area contributed by atoms with Gasteiger partial charge in [0, 0.05) is 14.2 Å². The molecule has 0 N–H and O–H groups in total. The van der Waals surface area contributed by atoms with E-state index in [1.165, 1.54) is 94.8 Å². The molecular formula is C34H61NO7S. The van der Waals surface area contributed by atoms with Gasteiger partial charge in [0.15, 0.2) is 0 Å². The summed E-state index contributed by atoms with van der Waals surface area (Å²) in [4.78, 5) is 14.0. The fourth-order valence-electron chi connectivity index (χ4n) is 4.95. The number of rotatable bonds is 27. The van der Waals surface area contributed by atoms with E-state index in [1.807, 2.05) is 31.2 Å². The molecule has 1 aromatic carbocycles. The highest BCUT2D eigenvalue weighted by atomic mass is 32.2. The molecular weight excluding hydrogens is 566 g/mol. The summed E-state index contributed by atoms with van der Waals surface area (Å²) in [6.45, 7) is 5.60. The van der Waals surface area contributed by atoms with E-state index in [-0.39, 0.29) is 12.7 Å². The predicted molar refractivity (Wildman–Crippen MR) is 175 cm³/mol. The van der Waals surface area contributed by atoms with Crippen LogP contribution in [0.4, 0.5) is 4.79 Å². The predicted octanol–water partition coefficient (Wildman–Crippen LogP) is 8.41. The summed E-state index contributed by atoms with van der Waals surface area (Å²) in [5.74, 6) is 0. The molecule has 1 amide bonds. The number of unbranched alkanes of at least 4 members (excludes halogenated alkanes) is 15. The molecule has 0 saturated carbocycles. The molecule has 1 rings (SSSR count). The van der Waals surface area contributed by atoms with E-state index in [2.05, 4.69) is 6.92 Å². The molecule has 0 aromatic heterocycles. The van der Waals surface area contributed by atoms with E-state index in [0.29, 0.717) is 26.4 Å². The maximum absolute atomic E-state index is 12.5. The van der Waals surface area contributed by atoms with Crippen molar-refractivity contribution in [3.63, 3.8) is 0 Å². The fourth-order valence-corrected chi connectivity index (χ4v) is 5.30. The highest BCUT2D eigenvalue weighted by molar-refractivity contribution is 7.85. The van der Waals surface area contributed by atoms with E-state index >= 15 is 0 Å². The second-order valence-electron chi connectivity index (χ2n) is 12.2. The van der Waals surface area contributed by atoms with Gasteiger partial charge < -0.3 is 19.1 Å². The first-order chi connectivity index (χ1) is 20.6. The molecule has 0 aliphatic rings. The van der Waals surface area contributed by atoms with E-state index in [9.17, 15) is 13.2 Å². The summed E-state index contributed by atoms with van der Waals surface area (Å²) in [6, 6.07) is 7.35. The molecule has 1 aromatic rings. The number of carbonyl (C=O) groups is 1. The molecule has 1 atom stereocenters. The van der Waals surface area contributed by atoms with Crippen LogP contribution in [-0.2, 0) is 41.7 Å². The van der Waals surface area contributed by atoms with E-state index in [1.54, 1.807) is 14.2 Å². The van der Waals surface area contributed by atoms with Gasteiger partial charge in [-0.05, 0) is 24.5 Å². The number of amides is 1. The van der Waals surface area contributed by atoms with Crippen molar-refractivity contribution < 1.29 is 31.6 Å². The Morgan fingerprint density at radius 1 is 0.767 bits per heavy atom. The molecule has 0 saturated heterocycles. The molecule has 8 nitrogen and oxygen atoms in total. The van der Waals surface area contributed by atoms with Crippen LogP contribution < -0.4 is 0 Å². The number of methoxy groups -OCH3 is 1. The van der Waals surface area contributed by atoms with Gasteiger partial charge in [-0.15, -0.1) is 0 Å². The first-order valence-corrected chi connectivity index (χ1v) is 18.3. The molecule has 0 bridgehead atoms. The minimum atomic E-state index is -3.48. The lowest BCUT2D eigenvalue weighted by Gasteiger charge is -2.32. The Balaban J connectivity index is 2.09. The van der Waals surface area contributed by atoms with Crippen LogP contribution in [0.1, 0.15) is 128 Å². The van der Waals surface area contributed by atoms with Crippen molar-refractivity contribution in [3.05, 3.63) is 35.4 Å². The Morgan fingerprint density at radius 2 is 1.21 bits per heavy atom. The molecule has 1 unspecified atom stereocenters. The third-order valence-electron chi connectivity index (χ3n) is 7.74. The summed E-state index contributed by atoms with van der Waals surface area (Å²) in [5, 5.41) is 0. The highest BCUT2D eigenvalue weighted by Crippen LogP contribution is 2.16. The van der Waals surface area contributed by atoms with Crippen LogP contribution in [0, 0.1) is 0 Å². The standard InChI is InChI=1S/C34H61NO7S/c1-6-7-8-9-10-11-12-13-14-15-16-17-18-19-20-21-26-41-33(36)35(3)29-34(2,39-4)30-40-27-31-22-24-32(25-23-31)28-42-43(5,37)38/h22-25H,6-21,26-30H2,1-5H3. The molecule has 0 heterocycles. The van der Waals surface area contributed by atoms with Gasteiger partial charge in [0.25, 0.3) is 10.1 Å². The van der Waals surface area contributed by atoms with Crippen LogP contribution in [0.2, 0.25) is 0 Å². The first kappa shape index (κ1) is 39.3. The quantitative estimate of drug-likeness (QED) is 0.0714. The van der Waals surface area contributed by atoms with Gasteiger partial charge in [0.2, 0.25) is 0 Å². The van der Waals surface area contributed by atoms with E-state index < -0.39 is 15.7 Å². The van der Waals surface area contributed by atoms with Crippen LogP contribution in [0.25, 0.3) is 0 Å². The molecule has 9 heteroatoms. The second-order valence-corrected chi connectivity index (χ2v) is 13.8. The SMILES string of the molecule is CCCCCCCCCCCCCCCCCCOC(=O)N(C)CC(C)(COCc1ccc(COS(C)(=O)=O)cc1)OC. The van der Waals surface area contributed by atoms with Crippen LogP contribution >= 0.6 is 0 Å². The molecule has 0 aliphatic heterocycles. The largest absolute Gasteiger partial charge is 0.449 e. The van der Waals surface area contributed by atoms with Gasteiger partial charge in [-0.2, -0.15) is 8.42 Å². The second kappa shape index (κ2) is 23.7. The smallest absolute Gasteiger partial charge is 0.409 e. The van der Waals surface area contributed by atoms with Gasteiger partial charge in [-0.25, -0.2) is 4.79 Å². The monoisotopic (exact) mass is 627 g/mol. The van der Waals surface area contributed by atoms with Gasteiger partial charge in [0.1, 0.15) is 5.60 Å². The fraction of sp³-hybridized carbons (Fsp3) is 0.794. The lowest BCUT2D eigenvalue weighted by molar-refractivity contribution is -0.0792. The van der Waals surface area contributed by atoms with E-state index in [4.69, 9.17) is 18.4 Å². The average Bonchev–Trinajstić information content (AvgIpc) is 2.97. The summed E-state index contributed by atoms with van der Waals surface area (Å²) < 4.78 is 44.1. The lowest BCUT2D eigenvalue weighted by Crippen LogP contribution is -2.46. The van der Waals surface area contributed by atoms with Crippen molar-refractivity contribution in [2.24, 2.45) is 0 Å². The van der Waals surface area contributed by atoms with Gasteiger partial charge >= 0.3 is 6.09 Å². The zero-order valence-corrected chi connectivity index (χ0v) is 28.7. The van der Waals surface area contributed by atoms with Gasteiger partial charge in [0.05, 0.1) is 39.2 Å². The highest BCUT2D eigenvalue weighted by Gasteiger charge is 2.28. The average molecular weight is 628 g/mol. The first-order valence-electron chi connectivity index (χ1n) is 16.5. The topological polar surface area (TPSA) is 91.4 Å². The number of carbonyl (C=O) groups excluding carboxylic acids is 1. The Kier molecular flexibility index (Phi) is 21.7. The maximum Gasteiger partial charge on any atom is 0.409 e. The van der Waals surface area contributed by atoms with E-state index in [0.717, 1.165) is 30.2 Å². The van der Waals surface area contributed by atoms with Crippen LogP contribution in [0.5, 0.6) is 0 Å². The van der Waals surface area contributed by atoms with Gasteiger partial charge in [-0.3, -0.25) is 4.18 Å². The van der Waals surface area contributed by atoms with Crippen molar-refractivity contribution in [1.82, 2.24) is 4.90 Å². The molecule has 250 valence electrons. The molecule has 0 aliphatic carbocycles. The normalized spacial score (nSPS) is 13.1. The zero-order valence-electron chi connectivity index (χ0n) is 27.9. The van der Waals surface area contributed by atoms with Crippen molar-refractivity contribution >= 4 is 16.2 Å².